The highest BCUT2D eigenvalue weighted by atomic mass is 19.3. The summed E-state index contributed by atoms with van der Waals surface area (Å²) in [6, 6.07) is 6.78. The van der Waals surface area contributed by atoms with Crippen LogP contribution in [0.1, 0.15) is 28.8 Å². The van der Waals surface area contributed by atoms with Gasteiger partial charge in [0, 0.05) is 18.2 Å². The molecule has 1 aromatic carbocycles. The summed E-state index contributed by atoms with van der Waals surface area (Å²) in [6.07, 6.45) is -0.851. The van der Waals surface area contributed by atoms with E-state index in [4.69, 9.17) is 5.73 Å². The van der Waals surface area contributed by atoms with Crippen LogP contribution in [0.4, 0.5) is 8.78 Å². The van der Waals surface area contributed by atoms with Crippen LogP contribution in [0.15, 0.2) is 24.3 Å². The first-order valence-corrected chi connectivity index (χ1v) is 6.00. The normalized spacial score (nSPS) is 14.9. The van der Waals surface area contributed by atoms with Crippen molar-refractivity contribution in [2.45, 2.75) is 31.9 Å². The number of rotatable bonds is 5. The SMILES string of the molecule is NCc1ccc(C(=O)N(CC(F)F)C2CC2)cc1. The third-order valence-corrected chi connectivity index (χ3v) is 3.02. The van der Waals surface area contributed by atoms with E-state index in [-0.39, 0.29) is 11.9 Å². The summed E-state index contributed by atoms with van der Waals surface area (Å²) in [5.74, 6) is -0.318. The Balaban J connectivity index is 2.11. The van der Waals surface area contributed by atoms with Crippen LogP contribution in [0.2, 0.25) is 0 Å². The molecule has 2 rings (SSSR count). The molecule has 5 heteroatoms. The Morgan fingerprint density at radius 3 is 2.39 bits per heavy atom. The van der Waals surface area contributed by atoms with Crippen molar-refractivity contribution in [2.75, 3.05) is 6.54 Å². The van der Waals surface area contributed by atoms with Gasteiger partial charge in [0.1, 0.15) is 0 Å². The van der Waals surface area contributed by atoms with Crippen LogP contribution in [0.25, 0.3) is 0 Å². The number of hydrogen-bond acceptors (Lipinski definition) is 2. The van der Waals surface area contributed by atoms with Gasteiger partial charge >= 0.3 is 0 Å². The Hall–Kier alpha value is -1.49. The monoisotopic (exact) mass is 254 g/mol. The molecule has 1 fully saturated rings. The van der Waals surface area contributed by atoms with Crippen molar-refractivity contribution in [1.82, 2.24) is 4.90 Å². The first-order chi connectivity index (χ1) is 8.61. The van der Waals surface area contributed by atoms with Crippen molar-refractivity contribution < 1.29 is 13.6 Å². The van der Waals surface area contributed by atoms with E-state index in [2.05, 4.69) is 0 Å². The molecule has 1 aliphatic rings. The van der Waals surface area contributed by atoms with Gasteiger partial charge in [-0.05, 0) is 30.5 Å². The number of carbonyl (C=O) groups excluding carboxylic acids is 1. The number of benzene rings is 1. The molecule has 1 saturated carbocycles. The highest BCUT2D eigenvalue weighted by Crippen LogP contribution is 2.28. The third-order valence-electron chi connectivity index (χ3n) is 3.02. The minimum Gasteiger partial charge on any atom is -0.330 e. The maximum atomic E-state index is 12.5. The van der Waals surface area contributed by atoms with Crippen molar-refractivity contribution in [3.8, 4) is 0 Å². The van der Waals surface area contributed by atoms with Gasteiger partial charge in [-0.1, -0.05) is 12.1 Å². The topological polar surface area (TPSA) is 46.3 Å². The van der Waals surface area contributed by atoms with Crippen LogP contribution in [-0.4, -0.2) is 29.8 Å². The summed E-state index contributed by atoms with van der Waals surface area (Å²) in [5.41, 5.74) is 6.82. The fourth-order valence-corrected chi connectivity index (χ4v) is 1.88. The lowest BCUT2D eigenvalue weighted by Crippen LogP contribution is -2.36. The first kappa shape index (κ1) is 13.0. The molecule has 98 valence electrons. The van der Waals surface area contributed by atoms with E-state index in [1.807, 2.05) is 0 Å². The summed E-state index contributed by atoms with van der Waals surface area (Å²) < 4.78 is 24.9. The first-order valence-electron chi connectivity index (χ1n) is 6.00. The highest BCUT2D eigenvalue weighted by Gasteiger charge is 2.34. The van der Waals surface area contributed by atoms with Gasteiger partial charge < -0.3 is 10.6 Å². The van der Waals surface area contributed by atoms with Crippen molar-refractivity contribution in [3.63, 3.8) is 0 Å². The van der Waals surface area contributed by atoms with E-state index >= 15 is 0 Å². The zero-order valence-electron chi connectivity index (χ0n) is 9.98. The molecule has 0 aromatic heterocycles. The van der Waals surface area contributed by atoms with Crippen LogP contribution in [0, 0.1) is 0 Å². The molecule has 1 amide bonds. The quantitative estimate of drug-likeness (QED) is 0.873. The molecule has 1 aliphatic carbocycles. The average molecular weight is 254 g/mol. The highest BCUT2D eigenvalue weighted by molar-refractivity contribution is 5.94. The molecule has 3 nitrogen and oxygen atoms in total. The number of nitrogens with zero attached hydrogens (tertiary/aromatic N) is 1. The molecule has 0 radical (unpaired) electrons. The maximum absolute atomic E-state index is 12.5. The summed E-state index contributed by atoms with van der Waals surface area (Å²) in [4.78, 5) is 13.4. The molecule has 0 bridgehead atoms. The van der Waals surface area contributed by atoms with Crippen molar-refractivity contribution in [3.05, 3.63) is 35.4 Å². The molecular formula is C13H16F2N2O. The predicted molar refractivity (Wildman–Crippen MR) is 64.4 cm³/mol. The Kier molecular flexibility index (Phi) is 3.91. The Bertz CT molecular complexity index is 416. The van der Waals surface area contributed by atoms with E-state index < -0.39 is 13.0 Å². The standard InChI is InChI=1S/C13H16F2N2O/c14-12(15)8-17(11-5-6-11)13(18)10-3-1-9(7-16)2-4-10/h1-4,11-12H,5-8,16H2. The van der Waals surface area contributed by atoms with Gasteiger partial charge in [0.25, 0.3) is 12.3 Å². The van der Waals surface area contributed by atoms with Gasteiger partial charge in [0.15, 0.2) is 0 Å². The third kappa shape index (κ3) is 3.04. The Morgan fingerprint density at radius 2 is 1.94 bits per heavy atom. The molecular weight excluding hydrogens is 238 g/mol. The number of hydrogen-bond donors (Lipinski definition) is 1. The molecule has 0 heterocycles. The van der Waals surface area contributed by atoms with Crippen LogP contribution in [-0.2, 0) is 6.54 Å². The zero-order chi connectivity index (χ0) is 13.1. The maximum Gasteiger partial charge on any atom is 0.255 e. The zero-order valence-corrected chi connectivity index (χ0v) is 9.98. The summed E-state index contributed by atoms with van der Waals surface area (Å²) >= 11 is 0. The van der Waals surface area contributed by atoms with Crippen LogP contribution in [0.3, 0.4) is 0 Å². The van der Waals surface area contributed by atoms with Gasteiger partial charge in [-0.15, -0.1) is 0 Å². The van der Waals surface area contributed by atoms with Crippen LogP contribution < -0.4 is 5.73 Å². The van der Waals surface area contributed by atoms with E-state index in [0.717, 1.165) is 18.4 Å². The van der Waals surface area contributed by atoms with E-state index in [1.165, 1.54) is 4.90 Å². The van der Waals surface area contributed by atoms with Crippen LogP contribution in [0.5, 0.6) is 0 Å². The number of alkyl halides is 2. The van der Waals surface area contributed by atoms with E-state index in [0.29, 0.717) is 12.1 Å². The molecule has 1 aromatic rings. The second-order valence-corrected chi connectivity index (χ2v) is 4.48. The fourth-order valence-electron chi connectivity index (χ4n) is 1.88. The summed E-state index contributed by atoms with van der Waals surface area (Å²) in [5, 5.41) is 0. The molecule has 0 unspecified atom stereocenters. The molecule has 2 N–H and O–H groups in total. The smallest absolute Gasteiger partial charge is 0.255 e. The van der Waals surface area contributed by atoms with Gasteiger partial charge in [0.05, 0.1) is 6.54 Å². The summed E-state index contributed by atoms with van der Waals surface area (Å²) in [6.45, 7) is -0.0833. The van der Waals surface area contributed by atoms with E-state index in [9.17, 15) is 13.6 Å². The van der Waals surface area contributed by atoms with Crippen LogP contribution >= 0.6 is 0 Å². The summed E-state index contributed by atoms with van der Waals surface area (Å²) in [7, 11) is 0. The Morgan fingerprint density at radius 1 is 1.33 bits per heavy atom. The lowest BCUT2D eigenvalue weighted by atomic mass is 10.1. The van der Waals surface area contributed by atoms with Gasteiger partial charge in [0.2, 0.25) is 0 Å². The minimum absolute atomic E-state index is 0.0133. The fraction of sp³-hybridized carbons (Fsp3) is 0.462. The molecule has 0 aliphatic heterocycles. The molecule has 0 spiro atoms. The lowest BCUT2D eigenvalue weighted by Gasteiger charge is -2.22. The van der Waals surface area contributed by atoms with Gasteiger partial charge in [-0.3, -0.25) is 4.79 Å². The average Bonchev–Trinajstić information content (AvgIpc) is 3.19. The van der Waals surface area contributed by atoms with E-state index in [1.54, 1.807) is 24.3 Å². The van der Waals surface area contributed by atoms with Gasteiger partial charge in [-0.25, -0.2) is 8.78 Å². The molecule has 0 atom stereocenters. The lowest BCUT2D eigenvalue weighted by molar-refractivity contribution is 0.0534. The number of carbonyl (C=O) groups is 1. The number of amides is 1. The minimum atomic E-state index is -2.49. The van der Waals surface area contributed by atoms with Crippen molar-refractivity contribution >= 4 is 5.91 Å². The number of nitrogens with two attached hydrogens (primary N) is 1. The second kappa shape index (κ2) is 5.44. The Labute approximate surface area is 105 Å². The molecule has 0 saturated heterocycles. The van der Waals surface area contributed by atoms with Gasteiger partial charge in [-0.2, -0.15) is 0 Å². The molecule has 18 heavy (non-hydrogen) atoms. The van der Waals surface area contributed by atoms with Crippen molar-refractivity contribution in [1.29, 1.82) is 0 Å². The van der Waals surface area contributed by atoms with Crippen molar-refractivity contribution in [2.24, 2.45) is 5.73 Å². The largest absolute Gasteiger partial charge is 0.330 e. The second-order valence-electron chi connectivity index (χ2n) is 4.48. The predicted octanol–water partition coefficient (Wildman–Crippen LogP) is 2.02. The number of halogens is 2.